The van der Waals surface area contributed by atoms with Crippen molar-refractivity contribution in [2.75, 3.05) is 37.4 Å². The number of amides is 2. The Bertz CT molecular complexity index is 742. The summed E-state index contributed by atoms with van der Waals surface area (Å²) in [6.07, 6.45) is 0. The number of rotatable bonds is 6. The lowest BCUT2D eigenvalue weighted by Gasteiger charge is -2.16. The molecule has 0 bridgehead atoms. The second-order valence-electron chi connectivity index (χ2n) is 5.63. The minimum absolute atomic E-state index is 0.0808. The highest BCUT2D eigenvalue weighted by Crippen LogP contribution is 2.26. The van der Waals surface area contributed by atoms with E-state index in [4.69, 9.17) is 9.84 Å². The fraction of sp³-hybridized carbons (Fsp3) is 0.353. The van der Waals surface area contributed by atoms with Gasteiger partial charge in [-0.3, -0.25) is 9.59 Å². The van der Waals surface area contributed by atoms with Gasteiger partial charge >= 0.3 is 5.97 Å². The van der Waals surface area contributed by atoms with E-state index in [1.54, 1.807) is 18.2 Å². The second kappa shape index (κ2) is 7.80. The molecule has 0 saturated carbocycles. The third-order valence-electron chi connectivity index (χ3n) is 3.76. The molecule has 0 fully saturated rings. The number of aryl methyl sites for hydroxylation is 1. The van der Waals surface area contributed by atoms with Gasteiger partial charge in [0.2, 0.25) is 5.91 Å². The molecule has 0 atom stereocenters. The summed E-state index contributed by atoms with van der Waals surface area (Å²) in [6.45, 7) is 3.25. The number of anilines is 2. The first-order valence-corrected chi connectivity index (χ1v) is 7.74. The number of hydrogen-bond acceptors (Lipinski definition) is 6. The fourth-order valence-electron chi connectivity index (χ4n) is 2.57. The van der Waals surface area contributed by atoms with E-state index >= 15 is 0 Å². The van der Waals surface area contributed by atoms with Gasteiger partial charge in [-0.25, -0.2) is 4.79 Å². The number of carbonyl (C=O) groups excluding carboxylic acids is 3. The third-order valence-corrected chi connectivity index (χ3v) is 3.76. The van der Waals surface area contributed by atoms with Crippen LogP contribution in [0, 0.1) is 6.92 Å². The number of nitrogens with zero attached hydrogens (tertiary/aromatic N) is 1. The van der Waals surface area contributed by atoms with Gasteiger partial charge in [-0.05, 0) is 30.7 Å². The van der Waals surface area contributed by atoms with Gasteiger partial charge in [-0.1, -0.05) is 0 Å². The van der Waals surface area contributed by atoms with Crippen molar-refractivity contribution in [1.82, 2.24) is 4.90 Å². The smallest absolute Gasteiger partial charge is 0.337 e. The Morgan fingerprint density at radius 2 is 2.08 bits per heavy atom. The van der Waals surface area contributed by atoms with Crippen LogP contribution >= 0.6 is 0 Å². The molecule has 2 rings (SSSR count). The Morgan fingerprint density at radius 3 is 2.64 bits per heavy atom. The summed E-state index contributed by atoms with van der Waals surface area (Å²) in [5, 5.41) is 14.7. The second-order valence-corrected chi connectivity index (χ2v) is 5.63. The van der Waals surface area contributed by atoms with Crippen LogP contribution in [0.15, 0.2) is 29.5 Å². The zero-order valence-electron chi connectivity index (χ0n) is 14.4. The summed E-state index contributed by atoms with van der Waals surface area (Å²) >= 11 is 0. The van der Waals surface area contributed by atoms with E-state index in [2.05, 4.69) is 10.6 Å². The number of benzene rings is 1. The minimum atomic E-state index is -0.594. The molecule has 1 aromatic rings. The lowest BCUT2D eigenvalue weighted by molar-refractivity contribution is -0.136. The predicted octanol–water partition coefficient (Wildman–Crippen LogP) is 0.627. The first-order chi connectivity index (χ1) is 11.9. The van der Waals surface area contributed by atoms with Gasteiger partial charge < -0.3 is 25.4 Å². The molecule has 8 nitrogen and oxygen atoms in total. The molecule has 8 heteroatoms. The van der Waals surface area contributed by atoms with Gasteiger partial charge in [0.15, 0.2) is 0 Å². The maximum absolute atomic E-state index is 12.5. The van der Waals surface area contributed by atoms with E-state index in [9.17, 15) is 14.4 Å². The van der Waals surface area contributed by atoms with Gasteiger partial charge in [0, 0.05) is 24.8 Å². The van der Waals surface area contributed by atoms with Crippen LogP contribution in [0.25, 0.3) is 0 Å². The van der Waals surface area contributed by atoms with Crippen molar-refractivity contribution < 1.29 is 24.2 Å². The Balaban J connectivity index is 2.30. The molecule has 1 aliphatic heterocycles. The highest BCUT2D eigenvalue weighted by Gasteiger charge is 2.34. The molecular formula is C17H21N3O5. The molecule has 0 unspecified atom stereocenters. The molecule has 0 saturated heterocycles. The SMILES string of the molecule is COC(=O)C1=C(Nc2ccc(NC(C)=O)cc2C)C(=O)N(CCO)C1. The number of methoxy groups -OCH3 is 1. The average Bonchev–Trinajstić information content (AvgIpc) is 2.86. The number of aliphatic hydroxyl groups excluding tert-OH is 1. The van der Waals surface area contributed by atoms with Crippen molar-refractivity contribution >= 4 is 29.2 Å². The molecule has 1 heterocycles. The largest absolute Gasteiger partial charge is 0.466 e. The van der Waals surface area contributed by atoms with Crippen LogP contribution < -0.4 is 10.6 Å². The van der Waals surface area contributed by atoms with Gasteiger partial charge in [0.25, 0.3) is 5.91 Å². The maximum atomic E-state index is 12.5. The molecule has 2 amide bonds. The number of esters is 1. The number of carbonyl (C=O) groups is 3. The van der Waals surface area contributed by atoms with E-state index in [-0.39, 0.29) is 42.8 Å². The van der Waals surface area contributed by atoms with Crippen LogP contribution in [0.2, 0.25) is 0 Å². The number of β-amino-alcohol motifs (C(OH)–C–C–N with tert-alkyl or cyclic N) is 1. The molecule has 1 aliphatic rings. The van der Waals surface area contributed by atoms with Crippen LogP contribution in [-0.2, 0) is 19.1 Å². The molecule has 1 aromatic carbocycles. The monoisotopic (exact) mass is 347 g/mol. The van der Waals surface area contributed by atoms with E-state index < -0.39 is 5.97 Å². The Labute approximate surface area is 145 Å². The van der Waals surface area contributed by atoms with Crippen LogP contribution in [-0.4, -0.2) is 54.6 Å². The van der Waals surface area contributed by atoms with E-state index in [1.165, 1.54) is 18.9 Å². The van der Waals surface area contributed by atoms with Crippen LogP contribution in [0.4, 0.5) is 11.4 Å². The zero-order chi connectivity index (χ0) is 18.6. The lowest BCUT2D eigenvalue weighted by atomic mass is 10.1. The molecule has 0 radical (unpaired) electrons. The fourth-order valence-corrected chi connectivity index (χ4v) is 2.57. The summed E-state index contributed by atoms with van der Waals surface area (Å²) in [7, 11) is 1.25. The normalized spacial score (nSPS) is 13.9. The van der Waals surface area contributed by atoms with Gasteiger partial charge in [0.1, 0.15) is 5.70 Å². The van der Waals surface area contributed by atoms with Gasteiger partial charge in [-0.2, -0.15) is 0 Å². The Kier molecular flexibility index (Phi) is 5.76. The molecule has 0 aromatic heterocycles. The van der Waals surface area contributed by atoms with Crippen LogP contribution in [0.1, 0.15) is 12.5 Å². The van der Waals surface area contributed by atoms with Crippen LogP contribution in [0.5, 0.6) is 0 Å². The number of hydrogen-bond donors (Lipinski definition) is 3. The van der Waals surface area contributed by atoms with Crippen molar-refractivity contribution in [1.29, 1.82) is 0 Å². The van der Waals surface area contributed by atoms with E-state index in [0.29, 0.717) is 11.4 Å². The molecule has 3 N–H and O–H groups in total. The van der Waals surface area contributed by atoms with E-state index in [0.717, 1.165) is 5.56 Å². The van der Waals surface area contributed by atoms with Crippen LogP contribution in [0.3, 0.4) is 0 Å². The minimum Gasteiger partial charge on any atom is -0.466 e. The van der Waals surface area contributed by atoms with Gasteiger partial charge in [-0.15, -0.1) is 0 Å². The molecule has 25 heavy (non-hydrogen) atoms. The highest BCUT2D eigenvalue weighted by atomic mass is 16.5. The molecular weight excluding hydrogens is 326 g/mol. The standard InChI is InChI=1S/C17H21N3O5/c1-10-8-12(18-11(2)22)4-5-14(10)19-15-13(17(24)25-3)9-20(6-7-21)16(15)23/h4-5,8,19,21H,6-7,9H2,1-3H3,(H,18,22). The zero-order valence-corrected chi connectivity index (χ0v) is 14.4. The van der Waals surface area contributed by atoms with Crippen molar-refractivity contribution in [3.63, 3.8) is 0 Å². The van der Waals surface area contributed by atoms with Crippen molar-refractivity contribution in [3.05, 3.63) is 35.0 Å². The summed E-state index contributed by atoms with van der Waals surface area (Å²) in [5.74, 6) is -1.15. The number of nitrogens with one attached hydrogen (secondary N) is 2. The lowest BCUT2D eigenvalue weighted by Crippen LogP contribution is -2.31. The molecule has 134 valence electrons. The molecule has 0 aliphatic carbocycles. The first kappa shape index (κ1) is 18.5. The summed E-state index contributed by atoms with van der Waals surface area (Å²) < 4.78 is 4.74. The predicted molar refractivity (Wildman–Crippen MR) is 91.8 cm³/mol. The Hall–Kier alpha value is -2.87. The van der Waals surface area contributed by atoms with E-state index in [1.807, 2.05) is 6.92 Å². The third kappa shape index (κ3) is 4.16. The number of ether oxygens (including phenoxy) is 1. The quantitative estimate of drug-likeness (QED) is 0.652. The van der Waals surface area contributed by atoms with Crippen molar-refractivity contribution in [2.24, 2.45) is 0 Å². The van der Waals surface area contributed by atoms with Crippen molar-refractivity contribution in [2.45, 2.75) is 13.8 Å². The maximum Gasteiger partial charge on any atom is 0.337 e. The average molecular weight is 347 g/mol. The number of aliphatic hydroxyl groups is 1. The topological polar surface area (TPSA) is 108 Å². The van der Waals surface area contributed by atoms with Gasteiger partial charge in [0.05, 0.1) is 25.8 Å². The first-order valence-electron chi connectivity index (χ1n) is 7.74. The van der Waals surface area contributed by atoms with Crippen molar-refractivity contribution in [3.8, 4) is 0 Å². The molecule has 0 spiro atoms. The summed E-state index contributed by atoms with van der Waals surface area (Å²) in [6, 6.07) is 5.16. The Morgan fingerprint density at radius 1 is 1.36 bits per heavy atom. The summed E-state index contributed by atoms with van der Waals surface area (Å²) in [5.41, 5.74) is 2.40. The highest BCUT2D eigenvalue weighted by molar-refractivity contribution is 6.08. The summed E-state index contributed by atoms with van der Waals surface area (Å²) in [4.78, 5) is 36.9.